The average molecular weight is 136 g/mol. The minimum atomic E-state index is 0. The first-order valence-corrected chi connectivity index (χ1v) is 2.98. The molecule has 0 unspecified atom stereocenters. The summed E-state index contributed by atoms with van der Waals surface area (Å²) in [6, 6.07) is 0.667. The van der Waals surface area contributed by atoms with Gasteiger partial charge in [-0.15, -0.1) is 0 Å². The molecule has 0 atom stereocenters. The quantitative estimate of drug-likeness (QED) is 0.486. The maximum absolute atomic E-state index is 5.11. The largest absolute Gasteiger partial charge is 0.412 e. The molecule has 0 radical (unpaired) electrons. The second-order valence-electron chi connectivity index (χ2n) is 2.49. The van der Waals surface area contributed by atoms with Crippen molar-refractivity contribution in [1.29, 1.82) is 0 Å². The molecular formula is C6H20N2O. The molecule has 0 saturated carbocycles. The molecular weight excluding hydrogens is 116 g/mol. The first-order valence-electron chi connectivity index (χ1n) is 2.98. The Bertz CT molecular complexity index is 26.5. The molecule has 3 heteroatoms. The zero-order valence-electron chi connectivity index (χ0n) is 6.81. The number of hydrogen-bond acceptors (Lipinski definition) is 2. The van der Waals surface area contributed by atoms with Crippen molar-refractivity contribution in [2.45, 2.75) is 39.8 Å². The van der Waals surface area contributed by atoms with Crippen LogP contribution in [0.3, 0.4) is 0 Å². The summed E-state index contributed by atoms with van der Waals surface area (Å²) < 4.78 is 0. The first-order chi connectivity index (χ1) is 3.46. The van der Waals surface area contributed by atoms with Crippen molar-refractivity contribution in [3.63, 3.8) is 0 Å². The summed E-state index contributed by atoms with van der Waals surface area (Å²) >= 11 is 0. The highest BCUT2D eigenvalue weighted by Gasteiger charge is 1.67. The Labute approximate surface area is 57.7 Å². The molecule has 60 valence electrons. The van der Waals surface area contributed by atoms with Crippen molar-refractivity contribution in [1.82, 2.24) is 0 Å². The Morgan fingerprint density at radius 3 is 0.778 bits per heavy atom. The van der Waals surface area contributed by atoms with Gasteiger partial charge in [-0.3, -0.25) is 0 Å². The smallest absolute Gasteiger partial charge is 0.00179 e. The maximum Gasteiger partial charge on any atom is -0.00179 e. The molecule has 0 aromatic carbocycles. The van der Waals surface area contributed by atoms with E-state index in [-0.39, 0.29) is 5.48 Å². The summed E-state index contributed by atoms with van der Waals surface area (Å²) in [6.45, 7) is 7.78. The van der Waals surface area contributed by atoms with Crippen molar-refractivity contribution in [2.24, 2.45) is 11.5 Å². The molecule has 0 saturated heterocycles. The fourth-order valence-electron chi connectivity index (χ4n) is 0. The minimum absolute atomic E-state index is 0. The van der Waals surface area contributed by atoms with Gasteiger partial charge in [0.15, 0.2) is 0 Å². The summed E-state index contributed by atoms with van der Waals surface area (Å²) in [5, 5.41) is 0. The van der Waals surface area contributed by atoms with Gasteiger partial charge in [-0.25, -0.2) is 0 Å². The molecule has 9 heavy (non-hydrogen) atoms. The second-order valence-corrected chi connectivity index (χ2v) is 2.49. The van der Waals surface area contributed by atoms with Gasteiger partial charge in [0, 0.05) is 0 Å². The van der Waals surface area contributed by atoms with E-state index < -0.39 is 0 Å². The van der Waals surface area contributed by atoms with Crippen molar-refractivity contribution in [3.8, 4) is 0 Å². The maximum atomic E-state index is 5.11. The Hall–Kier alpha value is -0.120. The van der Waals surface area contributed by atoms with Crippen molar-refractivity contribution >= 4 is 0 Å². The van der Waals surface area contributed by atoms with Crippen LogP contribution in [0.25, 0.3) is 0 Å². The van der Waals surface area contributed by atoms with E-state index in [9.17, 15) is 0 Å². The van der Waals surface area contributed by atoms with Crippen LogP contribution in [0.4, 0.5) is 0 Å². The lowest BCUT2D eigenvalue weighted by atomic mass is 10.4. The summed E-state index contributed by atoms with van der Waals surface area (Å²) in [5.74, 6) is 0. The molecule has 3 nitrogen and oxygen atoms in total. The van der Waals surface area contributed by atoms with Gasteiger partial charge < -0.3 is 16.9 Å². The van der Waals surface area contributed by atoms with E-state index in [4.69, 9.17) is 11.5 Å². The van der Waals surface area contributed by atoms with Gasteiger partial charge in [0.05, 0.1) is 0 Å². The predicted octanol–water partition coefficient (Wildman–Crippen LogP) is -0.118. The Morgan fingerprint density at radius 2 is 0.778 bits per heavy atom. The molecule has 0 aromatic rings. The van der Waals surface area contributed by atoms with Crippen LogP contribution < -0.4 is 11.5 Å². The van der Waals surface area contributed by atoms with E-state index in [2.05, 4.69) is 0 Å². The van der Waals surface area contributed by atoms with E-state index >= 15 is 0 Å². The molecule has 0 aromatic heterocycles. The molecule has 0 amide bonds. The van der Waals surface area contributed by atoms with Gasteiger partial charge in [0.2, 0.25) is 0 Å². The van der Waals surface area contributed by atoms with Crippen LogP contribution in [0.2, 0.25) is 0 Å². The Morgan fingerprint density at radius 1 is 0.778 bits per heavy atom. The normalized spacial score (nSPS) is 8.00. The highest BCUT2D eigenvalue weighted by molar-refractivity contribution is 4.32. The average Bonchev–Trinajstić information content (AvgIpc) is 1.25. The fraction of sp³-hybridized carbons (Fsp3) is 1.00. The molecule has 0 fully saturated rings. The third-order valence-electron chi connectivity index (χ3n) is 0. The monoisotopic (exact) mass is 136 g/mol. The van der Waals surface area contributed by atoms with Crippen molar-refractivity contribution < 1.29 is 5.48 Å². The molecule has 6 N–H and O–H groups in total. The zero-order chi connectivity index (χ0) is 7.15. The van der Waals surface area contributed by atoms with Crippen LogP contribution in [0.1, 0.15) is 27.7 Å². The third-order valence-corrected chi connectivity index (χ3v) is 0. The van der Waals surface area contributed by atoms with Gasteiger partial charge in [0.1, 0.15) is 0 Å². The lowest BCUT2D eigenvalue weighted by Gasteiger charge is -1.81. The van der Waals surface area contributed by atoms with E-state index in [1.54, 1.807) is 0 Å². The third kappa shape index (κ3) is 18900. The topological polar surface area (TPSA) is 83.5 Å². The van der Waals surface area contributed by atoms with E-state index in [1.807, 2.05) is 27.7 Å². The van der Waals surface area contributed by atoms with Crippen molar-refractivity contribution in [3.05, 3.63) is 0 Å². The van der Waals surface area contributed by atoms with Crippen LogP contribution in [0.15, 0.2) is 0 Å². The fourth-order valence-corrected chi connectivity index (χ4v) is 0. The van der Waals surface area contributed by atoms with Crippen LogP contribution >= 0.6 is 0 Å². The first kappa shape index (κ1) is 15.9. The Balaban J connectivity index is -0.0000000720. The Kier molecular flexibility index (Phi) is 19.1. The molecule has 0 heterocycles. The van der Waals surface area contributed by atoms with Crippen molar-refractivity contribution in [2.75, 3.05) is 0 Å². The van der Waals surface area contributed by atoms with Crippen LogP contribution in [-0.4, -0.2) is 17.6 Å². The summed E-state index contributed by atoms with van der Waals surface area (Å²) in [4.78, 5) is 0. The van der Waals surface area contributed by atoms with Crippen LogP contribution in [0.5, 0.6) is 0 Å². The van der Waals surface area contributed by atoms with Gasteiger partial charge in [-0.05, 0) is 12.1 Å². The zero-order valence-corrected chi connectivity index (χ0v) is 6.81. The molecule has 0 spiro atoms. The van der Waals surface area contributed by atoms with Gasteiger partial charge >= 0.3 is 0 Å². The molecule has 0 bridgehead atoms. The van der Waals surface area contributed by atoms with E-state index in [1.165, 1.54) is 0 Å². The van der Waals surface area contributed by atoms with Crippen LogP contribution in [0, 0.1) is 0 Å². The molecule has 0 rings (SSSR count). The number of nitrogens with two attached hydrogens (primary N) is 2. The minimum Gasteiger partial charge on any atom is -0.412 e. The molecule has 0 aliphatic heterocycles. The van der Waals surface area contributed by atoms with Gasteiger partial charge in [0.25, 0.3) is 0 Å². The van der Waals surface area contributed by atoms with Crippen LogP contribution in [-0.2, 0) is 0 Å². The summed E-state index contributed by atoms with van der Waals surface area (Å²) in [7, 11) is 0. The van der Waals surface area contributed by atoms with Gasteiger partial charge in [-0.1, -0.05) is 27.7 Å². The number of hydrogen-bond donors (Lipinski definition) is 2. The molecule has 0 aliphatic rings. The highest BCUT2D eigenvalue weighted by Crippen LogP contribution is 1.58. The second kappa shape index (κ2) is 10.8. The standard InChI is InChI=1S/2C3H9N.H2O/c2*1-3(2)4;/h2*3H,4H2,1-2H3;1H2. The lowest BCUT2D eigenvalue weighted by molar-refractivity contribution is 0.824. The number of rotatable bonds is 0. The molecule has 0 aliphatic carbocycles. The lowest BCUT2D eigenvalue weighted by Crippen LogP contribution is -2.07. The van der Waals surface area contributed by atoms with E-state index in [0.717, 1.165) is 0 Å². The summed E-state index contributed by atoms with van der Waals surface area (Å²) in [6.07, 6.45) is 0. The predicted molar refractivity (Wildman–Crippen MR) is 42.3 cm³/mol. The van der Waals surface area contributed by atoms with Gasteiger partial charge in [-0.2, -0.15) is 0 Å². The highest BCUT2D eigenvalue weighted by atomic mass is 16.0. The SMILES string of the molecule is CC(C)N.CC(C)N.O. The van der Waals surface area contributed by atoms with E-state index in [0.29, 0.717) is 12.1 Å². The summed E-state index contributed by atoms with van der Waals surface area (Å²) in [5.41, 5.74) is 10.2.